The van der Waals surface area contributed by atoms with Crippen LogP contribution in [0.15, 0.2) is 12.3 Å². The van der Waals surface area contributed by atoms with Gasteiger partial charge in [-0.05, 0) is 24.8 Å². The van der Waals surface area contributed by atoms with E-state index in [1.165, 1.54) is 6.20 Å². The van der Waals surface area contributed by atoms with Gasteiger partial charge in [0.05, 0.1) is 6.61 Å². The van der Waals surface area contributed by atoms with Crippen molar-refractivity contribution in [3.8, 4) is 12.1 Å². The number of hydrogen-bond donors (Lipinski definition) is 0. The van der Waals surface area contributed by atoms with E-state index < -0.39 is 0 Å². The van der Waals surface area contributed by atoms with Crippen LogP contribution in [0.1, 0.15) is 32.4 Å². The second kappa shape index (κ2) is 5.97. The molecule has 0 aromatic carbocycles. The number of aromatic nitrogens is 2. The van der Waals surface area contributed by atoms with Gasteiger partial charge in [0.2, 0.25) is 0 Å². The van der Waals surface area contributed by atoms with Crippen molar-refractivity contribution in [2.24, 2.45) is 5.92 Å². The Morgan fingerprint density at radius 2 is 2.33 bits per heavy atom. The lowest BCUT2D eigenvalue weighted by Crippen LogP contribution is -2.03. The fourth-order valence-electron chi connectivity index (χ4n) is 1.13. The zero-order valence-electron chi connectivity index (χ0n) is 9.10. The third kappa shape index (κ3) is 4.41. The van der Waals surface area contributed by atoms with Crippen LogP contribution in [0.4, 0.5) is 0 Å². The average molecular weight is 205 g/mol. The highest BCUT2D eigenvalue weighted by atomic mass is 16.5. The van der Waals surface area contributed by atoms with Crippen molar-refractivity contribution in [3.63, 3.8) is 0 Å². The average Bonchev–Trinajstić information content (AvgIpc) is 2.24. The second-order valence-electron chi connectivity index (χ2n) is 3.72. The van der Waals surface area contributed by atoms with Gasteiger partial charge in [-0.25, -0.2) is 4.98 Å². The van der Waals surface area contributed by atoms with E-state index in [9.17, 15) is 0 Å². The molecule has 80 valence electrons. The molecule has 4 heteroatoms. The summed E-state index contributed by atoms with van der Waals surface area (Å²) >= 11 is 0. The Kier molecular flexibility index (Phi) is 4.55. The van der Waals surface area contributed by atoms with Crippen LogP contribution in [0.25, 0.3) is 0 Å². The summed E-state index contributed by atoms with van der Waals surface area (Å²) in [6, 6.07) is 3.79. The summed E-state index contributed by atoms with van der Waals surface area (Å²) in [5, 5.41) is 8.61. The Labute approximate surface area is 89.9 Å². The molecule has 1 aromatic rings. The maximum Gasteiger partial charge on any atom is 0.317 e. The minimum Gasteiger partial charge on any atom is -0.463 e. The molecule has 0 radical (unpaired) electrons. The summed E-state index contributed by atoms with van der Waals surface area (Å²) in [7, 11) is 0. The summed E-state index contributed by atoms with van der Waals surface area (Å²) in [6.07, 6.45) is 3.64. The lowest BCUT2D eigenvalue weighted by molar-refractivity contribution is 0.275. The van der Waals surface area contributed by atoms with Crippen molar-refractivity contribution >= 4 is 0 Å². The van der Waals surface area contributed by atoms with E-state index in [1.807, 2.05) is 6.07 Å². The predicted molar refractivity (Wildman–Crippen MR) is 56.3 cm³/mol. The standard InChI is InChI=1S/C11H15N3O/c1-9(2)4-3-7-15-11-13-6-5-10(8-12)14-11/h5-6,9H,3-4,7H2,1-2H3. The first-order valence-corrected chi connectivity index (χ1v) is 5.08. The van der Waals surface area contributed by atoms with Crippen LogP contribution < -0.4 is 4.74 Å². The van der Waals surface area contributed by atoms with Gasteiger partial charge in [-0.15, -0.1) is 0 Å². The van der Waals surface area contributed by atoms with Gasteiger partial charge in [-0.1, -0.05) is 13.8 Å². The molecule has 0 saturated heterocycles. The number of rotatable bonds is 5. The van der Waals surface area contributed by atoms with E-state index >= 15 is 0 Å². The van der Waals surface area contributed by atoms with E-state index in [2.05, 4.69) is 23.8 Å². The van der Waals surface area contributed by atoms with Gasteiger partial charge in [0.25, 0.3) is 0 Å². The molecule has 0 unspecified atom stereocenters. The first kappa shape index (κ1) is 11.4. The van der Waals surface area contributed by atoms with Crippen LogP contribution in [-0.4, -0.2) is 16.6 Å². The Morgan fingerprint density at radius 1 is 1.53 bits per heavy atom. The Hall–Kier alpha value is -1.63. The maximum absolute atomic E-state index is 8.61. The van der Waals surface area contributed by atoms with Crippen molar-refractivity contribution in [1.29, 1.82) is 5.26 Å². The minimum atomic E-state index is 0.290. The van der Waals surface area contributed by atoms with Crippen LogP contribution in [0.5, 0.6) is 6.01 Å². The Bertz CT molecular complexity index is 344. The van der Waals surface area contributed by atoms with Crippen LogP contribution >= 0.6 is 0 Å². The van der Waals surface area contributed by atoms with Gasteiger partial charge in [0.1, 0.15) is 11.8 Å². The van der Waals surface area contributed by atoms with Crippen molar-refractivity contribution < 1.29 is 4.74 Å². The molecule has 4 nitrogen and oxygen atoms in total. The van der Waals surface area contributed by atoms with Crippen LogP contribution in [0.2, 0.25) is 0 Å². The van der Waals surface area contributed by atoms with E-state index in [4.69, 9.17) is 10.00 Å². The number of ether oxygens (including phenoxy) is 1. The van der Waals surface area contributed by atoms with E-state index in [1.54, 1.807) is 6.07 Å². The number of hydrogen-bond acceptors (Lipinski definition) is 4. The molecule has 0 saturated carbocycles. The summed E-state index contributed by atoms with van der Waals surface area (Å²) < 4.78 is 5.33. The zero-order chi connectivity index (χ0) is 11.1. The maximum atomic E-state index is 8.61. The first-order valence-electron chi connectivity index (χ1n) is 5.08. The summed E-state index contributed by atoms with van der Waals surface area (Å²) in [5.74, 6) is 0.681. The molecule has 0 spiro atoms. The van der Waals surface area contributed by atoms with E-state index in [0.29, 0.717) is 18.2 Å². The third-order valence-electron chi connectivity index (χ3n) is 1.90. The van der Waals surface area contributed by atoms with Gasteiger partial charge in [0, 0.05) is 6.20 Å². The first-order chi connectivity index (χ1) is 7.22. The monoisotopic (exact) mass is 205 g/mol. The molecule has 0 N–H and O–H groups in total. The van der Waals surface area contributed by atoms with Crippen LogP contribution in [-0.2, 0) is 0 Å². The van der Waals surface area contributed by atoms with Crippen molar-refractivity contribution in [1.82, 2.24) is 9.97 Å². The fraction of sp³-hybridized carbons (Fsp3) is 0.545. The molecule has 0 aliphatic rings. The van der Waals surface area contributed by atoms with Crippen molar-refractivity contribution in [2.45, 2.75) is 26.7 Å². The fourth-order valence-corrected chi connectivity index (χ4v) is 1.13. The van der Waals surface area contributed by atoms with E-state index in [0.717, 1.165) is 12.8 Å². The quantitative estimate of drug-likeness (QED) is 0.691. The minimum absolute atomic E-state index is 0.290. The Balaban J connectivity index is 2.35. The largest absolute Gasteiger partial charge is 0.463 e. The van der Waals surface area contributed by atoms with Gasteiger partial charge in [-0.2, -0.15) is 10.2 Å². The lowest BCUT2D eigenvalue weighted by atomic mass is 10.1. The van der Waals surface area contributed by atoms with Gasteiger partial charge in [0.15, 0.2) is 0 Å². The molecule has 0 aliphatic heterocycles. The molecular weight excluding hydrogens is 190 g/mol. The second-order valence-corrected chi connectivity index (χ2v) is 3.72. The predicted octanol–water partition coefficient (Wildman–Crippen LogP) is 2.16. The lowest BCUT2D eigenvalue weighted by Gasteiger charge is -2.05. The number of nitrogens with zero attached hydrogens (tertiary/aromatic N) is 3. The van der Waals surface area contributed by atoms with E-state index in [-0.39, 0.29) is 6.01 Å². The molecule has 15 heavy (non-hydrogen) atoms. The van der Waals surface area contributed by atoms with Crippen molar-refractivity contribution in [2.75, 3.05) is 6.61 Å². The summed E-state index contributed by atoms with van der Waals surface area (Å²) in [5.41, 5.74) is 0.337. The molecular formula is C11H15N3O. The molecule has 1 aromatic heterocycles. The molecule has 0 bridgehead atoms. The van der Waals surface area contributed by atoms with Gasteiger partial charge in [-0.3, -0.25) is 0 Å². The van der Waals surface area contributed by atoms with Crippen LogP contribution in [0.3, 0.4) is 0 Å². The topological polar surface area (TPSA) is 58.8 Å². The van der Waals surface area contributed by atoms with Crippen LogP contribution in [0, 0.1) is 17.2 Å². The molecule has 0 aliphatic carbocycles. The zero-order valence-corrected chi connectivity index (χ0v) is 9.10. The smallest absolute Gasteiger partial charge is 0.317 e. The highest BCUT2D eigenvalue weighted by molar-refractivity contribution is 5.19. The molecule has 1 rings (SSSR count). The SMILES string of the molecule is CC(C)CCCOc1nccc(C#N)n1. The Morgan fingerprint density at radius 3 is 3.00 bits per heavy atom. The molecule has 0 fully saturated rings. The number of nitriles is 1. The normalized spacial score (nSPS) is 10.0. The summed E-state index contributed by atoms with van der Waals surface area (Å²) in [6.45, 7) is 4.95. The van der Waals surface area contributed by atoms with Gasteiger partial charge < -0.3 is 4.74 Å². The molecule has 0 atom stereocenters. The third-order valence-corrected chi connectivity index (χ3v) is 1.90. The highest BCUT2D eigenvalue weighted by Crippen LogP contribution is 2.06. The van der Waals surface area contributed by atoms with Gasteiger partial charge >= 0.3 is 6.01 Å². The molecule has 0 amide bonds. The van der Waals surface area contributed by atoms with Crippen molar-refractivity contribution in [3.05, 3.63) is 18.0 Å². The summed E-state index contributed by atoms with van der Waals surface area (Å²) in [4.78, 5) is 7.83. The molecule has 1 heterocycles. The highest BCUT2D eigenvalue weighted by Gasteiger charge is 2.00.